The highest BCUT2D eigenvalue weighted by Gasteiger charge is 2.25. The third-order valence-electron chi connectivity index (χ3n) is 3.02. The normalized spacial score (nSPS) is 19.4. The lowest BCUT2D eigenvalue weighted by atomic mass is 9.86. The molecule has 0 spiro atoms. The molecule has 1 aliphatic carbocycles. The van der Waals surface area contributed by atoms with E-state index in [1.165, 1.54) is 32.1 Å². The molecule has 1 saturated carbocycles. The summed E-state index contributed by atoms with van der Waals surface area (Å²) >= 11 is 0. The average molecular weight is 223 g/mol. The zero-order valence-electron chi connectivity index (χ0n) is 9.08. The van der Waals surface area contributed by atoms with E-state index in [1.807, 2.05) is 0 Å². The molecular weight excluding hydrogens is 203 g/mol. The highest BCUT2D eigenvalue weighted by molar-refractivity contribution is 4.66. The van der Waals surface area contributed by atoms with E-state index in [0.29, 0.717) is 6.54 Å². The van der Waals surface area contributed by atoms with Crippen molar-refractivity contribution in [3.63, 3.8) is 0 Å². The molecule has 1 fully saturated rings. The van der Waals surface area contributed by atoms with Gasteiger partial charge in [0.05, 0.1) is 6.54 Å². The second-order valence-corrected chi connectivity index (χ2v) is 4.44. The Bertz CT molecular complexity index is 162. The first-order chi connectivity index (χ1) is 7.08. The minimum Gasteiger partial charge on any atom is -0.309 e. The molecule has 1 N–H and O–H groups in total. The van der Waals surface area contributed by atoms with Crippen LogP contribution in [-0.2, 0) is 0 Å². The van der Waals surface area contributed by atoms with Crippen LogP contribution in [0.1, 0.15) is 44.9 Å². The summed E-state index contributed by atoms with van der Waals surface area (Å²) in [6, 6.07) is 0. The summed E-state index contributed by atoms with van der Waals surface area (Å²) in [5, 5.41) is 2.44. The smallest absolute Gasteiger partial charge is 0.309 e. The summed E-state index contributed by atoms with van der Waals surface area (Å²) in [7, 11) is 0. The zero-order chi connectivity index (χ0) is 11.1. The average Bonchev–Trinajstić information content (AvgIpc) is 2.17. The summed E-state index contributed by atoms with van der Waals surface area (Å²) in [6.45, 7) is -0.353. The third kappa shape index (κ3) is 6.77. The third-order valence-corrected chi connectivity index (χ3v) is 3.02. The highest BCUT2D eigenvalue weighted by Crippen LogP contribution is 2.26. The van der Waals surface area contributed by atoms with Gasteiger partial charge in [-0.3, -0.25) is 0 Å². The Hall–Kier alpha value is -0.250. The lowest BCUT2D eigenvalue weighted by molar-refractivity contribution is -0.124. The number of hydrogen-bond donors (Lipinski definition) is 1. The number of nitrogens with one attached hydrogen (secondary N) is 1. The summed E-state index contributed by atoms with van der Waals surface area (Å²) in [6.07, 6.45) is 4.40. The molecule has 0 bridgehead atoms. The monoisotopic (exact) mass is 223 g/mol. The van der Waals surface area contributed by atoms with Crippen LogP contribution in [0.15, 0.2) is 0 Å². The first-order valence-corrected chi connectivity index (χ1v) is 5.85. The van der Waals surface area contributed by atoms with Crippen LogP contribution in [0.5, 0.6) is 0 Å². The lowest BCUT2D eigenvalue weighted by Crippen LogP contribution is -2.29. The number of rotatable bonds is 5. The largest absolute Gasteiger partial charge is 0.401 e. The predicted octanol–water partition coefficient (Wildman–Crippen LogP) is 3.50. The summed E-state index contributed by atoms with van der Waals surface area (Å²) in [5.74, 6) is 0.770. The molecule has 0 heterocycles. The van der Waals surface area contributed by atoms with Crippen LogP contribution < -0.4 is 5.32 Å². The number of alkyl halides is 3. The molecule has 0 radical (unpaired) electrons. The first-order valence-electron chi connectivity index (χ1n) is 5.85. The van der Waals surface area contributed by atoms with E-state index >= 15 is 0 Å². The van der Waals surface area contributed by atoms with Crippen LogP contribution in [0.3, 0.4) is 0 Å². The van der Waals surface area contributed by atoms with Crippen molar-refractivity contribution in [1.29, 1.82) is 0 Å². The SMILES string of the molecule is FC(F)(F)CNCCCC1CCCCC1. The summed E-state index contributed by atoms with van der Waals surface area (Å²) < 4.78 is 35.3. The van der Waals surface area contributed by atoms with Gasteiger partial charge in [-0.15, -0.1) is 0 Å². The topological polar surface area (TPSA) is 12.0 Å². The number of halogens is 3. The molecule has 0 aromatic heterocycles. The number of hydrogen-bond acceptors (Lipinski definition) is 1. The molecule has 1 rings (SSSR count). The van der Waals surface area contributed by atoms with Crippen molar-refractivity contribution in [3.05, 3.63) is 0 Å². The molecule has 15 heavy (non-hydrogen) atoms. The van der Waals surface area contributed by atoms with Crippen molar-refractivity contribution < 1.29 is 13.2 Å². The van der Waals surface area contributed by atoms with Crippen LogP contribution in [0.4, 0.5) is 13.2 Å². The van der Waals surface area contributed by atoms with Crippen LogP contribution >= 0.6 is 0 Å². The van der Waals surface area contributed by atoms with Crippen LogP contribution in [0.25, 0.3) is 0 Å². The van der Waals surface area contributed by atoms with Crippen molar-refractivity contribution in [1.82, 2.24) is 5.32 Å². The van der Waals surface area contributed by atoms with E-state index < -0.39 is 12.7 Å². The maximum absolute atomic E-state index is 11.8. The lowest BCUT2D eigenvalue weighted by Gasteiger charge is -2.21. The summed E-state index contributed by atoms with van der Waals surface area (Å²) in [5.41, 5.74) is 0. The Morgan fingerprint density at radius 1 is 1.07 bits per heavy atom. The zero-order valence-corrected chi connectivity index (χ0v) is 9.08. The van der Waals surface area contributed by atoms with E-state index in [9.17, 15) is 13.2 Å². The Morgan fingerprint density at radius 2 is 1.73 bits per heavy atom. The molecule has 0 atom stereocenters. The van der Waals surface area contributed by atoms with E-state index in [4.69, 9.17) is 0 Å². The molecule has 0 saturated heterocycles. The second-order valence-electron chi connectivity index (χ2n) is 4.44. The molecular formula is C11H20F3N. The van der Waals surface area contributed by atoms with Crippen LogP contribution in [-0.4, -0.2) is 19.3 Å². The molecule has 0 unspecified atom stereocenters. The fourth-order valence-electron chi connectivity index (χ4n) is 2.22. The van der Waals surface area contributed by atoms with Gasteiger partial charge in [-0.05, 0) is 25.3 Å². The minimum absolute atomic E-state index is 0.496. The highest BCUT2D eigenvalue weighted by atomic mass is 19.4. The van der Waals surface area contributed by atoms with E-state index in [1.54, 1.807) is 0 Å². The Morgan fingerprint density at radius 3 is 2.33 bits per heavy atom. The van der Waals surface area contributed by atoms with Gasteiger partial charge < -0.3 is 5.32 Å². The van der Waals surface area contributed by atoms with Crippen LogP contribution in [0, 0.1) is 5.92 Å². The van der Waals surface area contributed by atoms with Gasteiger partial charge in [0.2, 0.25) is 0 Å². The molecule has 0 aliphatic heterocycles. The molecule has 4 heteroatoms. The maximum Gasteiger partial charge on any atom is 0.401 e. The standard InChI is InChI=1S/C11H20F3N/c12-11(13,14)9-15-8-4-7-10-5-2-1-3-6-10/h10,15H,1-9H2. The van der Waals surface area contributed by atoms with Gasteiger partial charge in [-0.2, -0.15) is 13.2 Å². The maximum atomic E-state index is 11.8. The molecule has 0 amide bonds. The van der Waals surface area contributed by atoms with Crippen molar-refractivity contribution in [2.24, 2.45) is 5.92 Å². The molecule has 1 nitrogen and oxygen atoms in total. The fourth-order valence-corrected chi connectivity index (χ4v) is 2.22. The first kappa shape index (κ1) is 12.8. The Kier molecular flexibility index (Phi) is 5.43. The molecule has 0 aromatic rings. The van der Waals surface area contributed by atoms with E-state index in [-0.39, 0.29) is 0 Å². The van der Waals surface area contributed by atoms with Gasteiger partial charge >= 0.3 is 6.18 Å². The fraction of sp³-hybridized carbons (Fsp3) is 1.00. The Balaban J connectivity index is 1.92. The summed E-state index contributed by atoms with van der Waals surface area (Å²) in [4.78, 5) is 0. The van der Waals surface area contributed by atoms with Crippen molar-refractivity contribution >= 4 is 0 Å². The van der Waals surface area contributed by atoms with Crippen molar-refractivity contribution in [2.75, 3.05) is 13.1 Å². The van der Waals surface area contributed by atoms with Gasteiger partial charge in [-0.1, -0.05) is 32.1 Å². The quantitative estimate of drug-likeness (QED) is 0.703. The second kappa shape index (κ2) is 6.36. The van der Waals surface area contributed by atoms with Gasteiger partial charge in [0, 0.05) is 0 Å². The molecule has 90 valence electrons. The predicted molar refractivity (Wildman–Crippen MR) is 54.7 cm³/mol. The molecule has 0 aromatic carbocycles. The van der Waals surface area contributed by atoms with E-state index in [0.717, 1.165) is 18.8 Å². The van der Waals surface area contributed by atoms with Gasteiger partial charge in [0.1, 0.15) is 0 Å². The van der Waals surface area contributed by atoms with Crippen molar-refractivity contribution in [3.8, 4) is 0 Å². The minimum atomic E-state index is -4.06. The molecule has 1 aliphatic rings. The van der Waals surface area contributed by atoms with Crippen LogP contribution in [0.2, 0.25) is 0 Å². The van der Waals surface area contributed by atoms with Gasteiger partial charge in [-0.25, -0.2) is 0 Å². The van der Waals surface area contributed by atoms with E-state index in [2.05, 4.69) is 5.32 Å². The Labute approximate surface area is 89.4 Å². The van der Waals surface area contributed by atoms with Gasteiger partial charge in [0.15, 0.2) is 0 Å². The van der Waals surface area contributed by atoms with Gasteiger partial charge in [0.25, 0.3) is 0 Å². The van der Waals surface area contributed by atoms with Crippen molar-refractivity contribution in [2.45, 2.75) is 51.1 Å².